The zero-order valence-corrected chi connectivity index (χ0v) is 19.3. The number of nitrogens with zero attached hydrogens (tertiary/aromatic N) is 2. The monoisotopic (exact) mass is 485 g/mol. The Morgan fingerprint density at radius 1 is 1.00 bits per heavy atom. The van der Waals surface area contributed by atoms with Gasteiger partial charge in [0.1, 0.15) is 11.5 Å². The Labute approximate surface area is 196 Å². The number of amides is 1. The third kappa shape index (κ3) is 6.99. The molecule has 3 rings (SSSR count). The molecule has 33 heavy (non-hydrogen) atoms. The number of hydrogen-bond acceptors (Lipinski definition) is 5. The topological polar surface area (TPSA) is 54.0 Å². The molecule has 2 aromatic carbocycles. The highest BCUT2D eigenvalue weighted by Crippen LogP contribution is 2.36. The molecule has 1 amide bonds. The predicted molar refractivity (Wildman–Crippen MR) is 121 cm³/mol. The summed E-state index contributed by atoms with van der Waals surface area (Å²) in [6, 6.07) is 8.47. The molecule has 0 bridgehead atoms. The molecule has 0 spiro atoms. The Balaban J connectivity index is 1.53. The van der Waals surface area contributed by atoms with Gasteiger partial charge in [-0.25, -0.2) is 0 Å². The molecule has 180 valence electrons. The van der Waals surface area contributed by atoms with Gasteiger partial charge in [0.05, 0.1) is 37.0 Å². The van der Waals surface area contributed by atoms with E-state index < -0.39 is 11.7 Å². The molecule has 0 radical (unpaired) electrons. The van der Waals surface area contributed by atoms with E-state index in [1.165, 1.54) is 26.4 Å². The number of carbonyl (C=O) groups is 1. The molecule has 0 aliphatic carbocycles. The third-order valence-corrected chi connectivity index (χ3v) is 5.78. The van der Waals surface area contributed by atoms with Gasteiger partial charge < -0.3 is 14.8 Å². The molecule has 1 heterocycles. The zero-order valence-electron chi connectivity index (χ0n) is 18.5. The minimum absolute atomic E-state index is 0.189. The van der Waals surface area contributed by atoms with Crippen LogP contribution in [0.5, 0.6) is 11.5 Å². The molecule has 6 nitrogen and oxygen atoms in total. The van der Waals surface area contributed by atoms with Gasteiger partial charge in [0.2, 0.25) is 5.91 Å². The largest absolute Gasteiger partial charge is 0.495 e. The highest BCUT2D eigenvalue weighted by molar-refractivity contribution is 6.32. The van der Waals surface area contributed by atoms with Crippen molar-refractivity contribution < 1.29 is 27.4 Å². The minimum Gasteiger partial charge on any atom is -0.495 e. The number of alkyl halides is 3. The van der Waals surface area contributed by atoms with Crippen LogP contribution in [-0.2, 0) is 17.5 Å². The SMILES string of the molecule is COc1cc(OC)c(NC(=O)CN2CCCN(Cc3ccc(C(F)(F)F)cc3)CC2)cc1Cl. The highest BCUT2D eigenvalue weighted by atomic mass is 35.5. The fourth-order valence-corrected chi connectivity index (χ4v) is 3.99. The van der Waals surface area contributed by atoms with Crippen LogP contribution in [0.4, 0.5) is 18.9 Å². The van der Waals surface area contributed by atoms with E-state index in [2.05, 4.69) is 15.1 Å². The van der Waals surface area contributed by atoms with Gasteiger partial charge in [0.25, 0.3) is 0 Å². The summed E-state index contributed by atoms with van der Waals surface area (Å²) in [5.41, 5.74) is 0.652. The molecule has 1 N–H and O–H groups in total. The van der Waals surface area contributed by atoms with Crippen molar-refractivity contribution in [2.24, 2.45) is 0 Å². The molecule has 0 saturated carbocycles. The number of anilines is 1. The number of nitrogens with one attached hydrogen (secondary N) is 1. The highest BCUT2D eigenvalue weighted by Gasteiger charge is 2.30. The number of halogens is 4. The van der Waals surface area contributed by atoms with Gasteiger partial charge in [-0.2, -0.15) is 13.2 Å². The average molecular weight is 486 g/mol. The van der Waals surface area contributed by atoms with Crippen LogP contribution in [0.3, 0.4) is 0 Å². The Kier molecular flexibility index (Phi) is 8.45. The molecule has 10 heteroatoms. The lowest BCUT2D eigenvalue weighted by Gasteiger charge is -2.22. The molecule has 0 unspecified atom stereocenters. The van der Waals surface area contributed by atoms with E-state index in [0.29, 0.717) is 41.8 Å². The maximum atomic E-state index is 12.7. The van der Waals surface area contributed by atoms with Gasteiger partial charge in [0, 0.05) is 25.7 Å². The summed E-state index contributed by atoms with van der Waals surface area (Å²) in [5.74, 6) is 0.709. The van der Waals surface area contributed by atoms with Crippen LogP contribution in [0, 0.1) is 0 Å². The number of methoxy groups -OCH3 is 2. The molecule has 1 saturated heterocycles. The van der Waals surface area contributed by atoms with Crippen molar-refractivity contribution in [1.82, 2.24) is 9.80 Å². The van der Waals surface area contributed by atoms with E-state index in [-0.39, 0.29) is 12.5 Å². The van der Waals surface area contributed by atoms with Gasteiger partial charge in [-0.3, -0.25) is 14.6 Å². The smallest absolute Gasteiger partial charge is 0.416 e. The molecule has 1 aliphatic rings. The van der Waals surface area contributed by atoms with Crippen LogP contribution in [-0.4, -0.2) is 62.7 Å². The van der Waals surface area contributed by atoms with Gasteiger partial charge in [-0.05, 0) is 43.3 Å². The summed E-state index contributed by atoms with van der Waals surface area (Å²) in [5, 5.41) is 3.20. The second-order valence-electron chi connectivity index (χ2n) is 7.84. The van der Waals surface area contributed by atoms with Crippen molar-refractivity contribution in [1.29, 1.82) is 0 Å². The zero-order chi connectivity index (χ0) is 24.0. The molecular weight excluding hydrogens is 459 g/mol. The number of benzene rings is 2. The standard InChI is InChI=1S/C23H27ClF3N3O3/c1-32-20-13-21(33-2)19(12-18(20)24)28-22(31)15-30-9-3-8-29(10-11-30)14-16-4-6-17(7-5-16)23(25,26)27/h4-7,12-13H,3,8-11,14-15H2,1-2H3,(H,28,31). The minimum atomic E-state index is -4.33. The average Bonchev–Trinajstić information content (AvgIpc) is 2.98. The van der Waals surface area contributed by atoms with Crippen molar-refractivity contribution >= 4 is 23.2 Å². The number of hydrogen-bond donors (Lipinski definition) is 1. The molecule has 0 aromatic heterocycles. The van der Waals surface area contributed by atoms with Crippen LogP contribution in [0.1, 0.15) is 17.5 Å². The van der Waals surface area contributed by atoms with Crippen molar-refractivity contribution in [3.05, 3.63) is 52.5 Å². The van der Waals surface area contributed by atoms with E-state index in [0.717, 1.165) is 37.2 Å². The second-order valence-corrected chi connectivity index (χ2v) is 8.24. The number of ether oxygens (including phenoxy) is 2. The Morgan fingerprint density at radius 3 is 2.27 bits per heavy atom. The van der Waals surface area contributed by atoms with Crippen molar-refractivity contribution in [2.45, 2.75) is 19.1 Å². The van der Waals surface area contributed by atoms with Crippen LogP contribution in [0.2, 0.25) is 5.02 Å². The van der Waals surface area contributed by atoms with E-state index in [1.807, 2.05) is 0 Å². The van der Waals surface area contributed by atoms with Crippen molar-refractivity contribution in [2.75, 3.05) is 52.3 Å². The van der Waals surface area contributed by atoms with E-state index >= 15 is 0 Å². The molecule has 1 fully saturated rings. The molecular formula is C23H27ClF3N3O3. The Hall–Kier alpha value is -2.49. The predicted octanol–water partition coefficient (Wildman–Crippen LogP) is 4.52. The summed E-state index contributed by atoms with van der Waals surface area (Å²) in [4.78, 5) is 16.9. The normalized spacial score (nSPS) is 15.7. The summed E-state index contributed by atoms with van der Waals surface area (Å²) >= 11 is 6.17. The fraction of sp³-hybridized carbons (Fsp3) is 0.435. The lowest BCUT2D eigenvalue weighted by Crippen LogP contribution is -2.36. The summed E-state index contributed by atoms with van der Waals surface area (Å²) in [6.45, 7) is 3.72. The first kappa shape index (κ1) is 25.1. The quantitative estimate of drug-likeness (QED) is 0.625. The van der Waals surface area contributed by atoms with E-state index in [9.17, 15) is 18.0 Å². The summed E-state index contributed by atoms with van der Waals surface area (Å²) in [7, 11) is 3.00. The first-order valence-electron chi connectivity index (χ1n) is 10.5. The van der Waals surface area contributed by atoms with Crippen LogP contribution >= 0.6 is 11.6 Å². The van der Waals surface area contributed by atoms with Crippen molar-refractivity contribution in [3.63, 3.8) is 0 Å². The van der Waals surface area contributed by atoms with E-state index in [1.54, 1.807) is 12.1 Å². The van der Waals surface area contributed by atoms with E-state index in [4.69, 9.17) is 21.1 Å². The second kappa shape index (κ2) is 11.1. The maximum absolute atomic E-state index is 12.7. The lowest BCUT2D eigenvalue weighted by molar-refractivity contribution is -0.137. The number of rotatable bonds is 7. The fourth-order valence-electron chi connectivity index (χ4n) is 3.75. The van der Waals surface area contributed by atoms with Crippen LogP contribution < -0.4 is 14.8 Å². The molecule has 2 aromatic rings. The molecule has 0 atom stereocenters. The first-order valence-corrected chi connectivity index (χ1v) is 10.9. The third-order valence-electron chi connectivity index (χ3n) is 5.48. The van der Waals surface area contributed by atoms with Gasteiger partial charge in [-0.1, -0.05) is 23.7 Å². The molecule has 1 aliphatic heterocycles. The first-order chi connectivity index (χ1) is 15.7. The maximum Gasteiger partial charge on any atom is 0.416 e. The van der Waals surface area contributed by atoms with Crippen LogP contribution in [0.15, 0.2) is 36.4 Å². The summed E-state index contributed by atoms with van der Waals surface area (Å²) in [6.07, 6.45) is -3.48. The van der Waals surface area contributed by atoms with Gasteiger partial charge in [-0.15, -0.1) is 0 Å². The lowest BCUT2D eigenvalue weighted by atomic mass is 10.1. The Bertz CT molecular complexity index is 954. The van der Waals surface area contributed by atoms with Gasteiger partial charge in [0.15, 0.2) is 0 Å². The van der Waals surface area contributed by atoms with Crippen LogP contribution in [0.25, 0.3) is 0 Å². The van der Waals surface area contributed by atoms with Crippen molar-refractivity contribution in [3.8, 4) is 11.5 Å². The summed E-state index contributed by atoms with van der Waals surface area (Å²) < 4.78 is 48.7. The number of carbonyl (C=O) groups excluding carboxylic acids is 1. The van der Waals surface area contributed by atoms with Gasteiger partial charge >= 0.3 is 6.18 Å². The Morgan fingerprint density at radius 2 is 1.64 bits per heavy atom.